The molecular weight excluding hydrogens is 362 g/mol. The zero-order chi connectivity index (χ0) is 20.7. The summed E-state index contributed by atoms with van der Waals surface area (Å²) in [7, 11) is 4.33. The van der Waals surface area contributed by atoms with E-state index < -0.39 is 18.0 Å². The first-order valence-corrected chi connectivity index (χ1v) is 8.84. The van der Waals surface area contributed by atoms with Gasteiger partial charge in [-0.15, -0.1) is 0 Å². The van der Waals surface area contributed by atoms with Gasteiger partial charge < -0.3 is 24.3 Å². The molecule has 0 saturated heterocycles. The lowest BCUT2D eigenvalue weighted by molar-refractivity contribution is -0.123. The van der Waals surface area contributed by atoms with Crippen LogP contribution in [0.1, 0.15) is 29.8 Å². The van der Waals surface area contributed by atoms with Crippen LogP contribution in [-0.2, 0) is 16.0 Å². The molecule has 150 valence electrons. The van der Waals surface area contributed by atoms with E-state index in [1.807, 2.05) is 24.3 Å². The second kappa shape index (κ2) is 9.64. The van der Waals surface area contributed by atoms with E-state index in [2.05, 4.69) is 12.2 Å². The Kier molecular flexibility index (Phi) is 7.26. The van der Waals surface area contributed by atoms with Crippen molar-refractivity contribution >= 4 is 17.6 Å². The fraction of sp³-hybridized carbons (Fsp3) is 0.333. The summed E-state index contributed by atoms with van der Waals surface area (Å²) in [5.74, 6) is -0.279. The number of hydrogen-bond donors (Lipinski definition) is 1. The fourth-order valence-electron chi connectivity index (χ4n) is 2.61. The molecule has 0 bridgehead atoms. The molecule has 0 heterocycles. The number of rotatable bonds is 8. The number of nitrogens with one attached hydrogen (secondary N) is 1. The molecule has 0 aliphatic heterocycles. The van der Waals surface area contributed by atoms with Gasteiger partial charge in [-0.05, 0) is 43.2 Å². The normalized spacial score (nSPS) is 11.3. The van der Waals surface area contributed by atoms with Gasteiger partial charge in [0, 0.05) is 5.69 Å². The molecule has 1 atom stereocenters. The monoisotopic (exact) mass is 387 g/mol. The first-order valence-electron chi connectivity index (χ1n) is 8.84. The third-order valence-electron chi connectivity index (χ3n) is 4.21. The average Bonchev–Trinajstić information content (AvgIpc) is 2.72. The minimum Gasteiger partial charge on any atom is -0.493 e. The predicted molar refractivity (Wildman–Crippen MR) is 105 cm³/mol. The quantitative estimate of drug-likeness (QED) is 0.699. The highest BCUT2D eigenvalue weighted by Gasteiger charge is 2.25. The molecule has 2 aromatic carbocycles. The lowest BCUT2D eigenvalue weighted by Gasteiger charge is -2.17. The minimum absolute atomic E-state index is 0.132. The zero-order valence-electron chi connectivity index (χ0n) is 16.7. The van der Waals surface area contributed by atoms with Crippen LogP contribution in [0, 0.1) is 0 Å². The Balaban J connectivity index is 2.11. The molecule has 28 heavy (non-hydrogen) atoms. The molecule has 0 spiro atoms. The van der Waals surface area contributed by atoms with Gasteiger partial charge in [0.05, 0.1) is 21.3 Å². The zero-order valence-corrected chi connectivity index (χ0v) is 16.7. The lowest BCUT2D eigenvalue weighted by atomic mass is 10.1. The molecule has 0 radical (unpaired) electrons. The van der Waals surface area contributed by atoms with Crippen LogP contribution >= 0.6 is 0 Å². The van der Waals surface area contributed by atoms with Gasteiger partial charge in [-0.2, -0.15) is 0 Å². The number of anilines is 1. The maximum absolute atomic E-state index is 12.6. The van der Waals surface area contributed by atoms with Gasteiger partial charge in [-0.1, -0.05) is 19.1 Å². The molecule has 0 saturated carbocycles. The Hall–Kier alpha value is -3.22. The highest BCUT2D eigenvalue weighted by molar-refractivity contribution is 5.99. The molecule has 7 heteroatoms. The fourth-order valence-corrected chi connectivity index (χ4v) is 2.61. The van der Waals surface area contributed by atoms with Gasteiger partial charge in [0.1, 0.15) is 5.56 Å². The van der Waals surface area contributed by atoms with Crippen molar-refractivity contribution in [2.24, 2.45) is 0 Å². The molecule has 0 aromatic heterocycles. The standard InChI is InChI=1S/C21H25NO6/c1-6-14-7-9-15(10-8-14)22-20(23)13(2)28-21(24)16-11-12-17(25-3)19(27-5)18(16)26-4/h7-13H,6H2,1-5H3,(H,22,23)/t13-/m1/s1. The number of methoxy groups -OCH3 is 3. The number of aryl methyl sites for hydroxylation is 1. The van der Waals surface area contributed by atoms with Crippen LogP contribution in [0.4, 0.5) is 5.69 Å². The van der Waals surface area contributed by atoms with Gasteiger partial charge in [0.15, 0.2) is 17.6 Å². The first-order chi connectivity index (χ1) is 13.4. The molecule has 2 rings (SSSR count). The van der Waals surface area contributed by atoms with Gasteiger partial charge in [-0.3, -0.25) is 4.79 Å². The number of carbonyl (C=O) groups is 2. The maximum Gasteiger partial charge on any atom is 0.342 e. The summed E-state index contributed by atoms with van der Waals surface area (Å²) in [5.41, 5.74) is 1.93. The summed E-state index contributed by atoms with van der Waals surface area (Å²) in [4.78, 5) is 24.9. The molecule has 0 aliphatic rings. The van der Waals surface area contributed by atoms with Crippen molar-refractivity contribution < 1.29 is 28.5 Å². The Morgan fingerprint density at radius 3 is 2.11 bits per heavy atom. The van der Waals surface area contributed by atoms with E-state index in [9.17, 15) is 9.59 Å². The van der Waals surface area contributed by atoms with Crippen molar-refractivity contribution in [2.75, 3.05) is 26.6 Å². The Bertz CT molecular complexity index is 832. The highest BCUT2D eigenvalue weighted by atomic mass is 16.6. The van der Waals surface area contributed by atoms with E-state index in [1.165, 1.54) is 34.3 Å². The van der Waals surface area contributed by atoms with E-state index in [0.717, 1.165) is 12.0 Å². The summed E-state index contributed by atoms with van der Waals surface area (Å²) >= 11 is 0. The highest BCUT2D eigenvalue weighted by Crippen LogP contribution is 2.40. The summed E-state index contributed by atoms with van der Waals surface area (Å²) < 4.78 is 21.0. The number of carbonyl (C=O) groups excluding carboxylic acids is 2. The molecule has 1 amide bonds. The molecule has 1 N–H and O–H groups in total. The second-order valence-electron chi connectivity index (χ2n) is 5.97. The summed E-state index contributed by atoms with van der Waals surface area (Å²) in [6, 6.07) is 10.5. The number of amides is 1. The van der Waals surface area contributed by atoms with Crippen molar-refractivity contribution in [3.8, 4) is 17.2 Å². The predicted octanol–water partition coefficient (Wildman–Crippen LogP) is 3.46. The molecule has 0 aliphatic carbocycles. The second-order valence-corrected chi connectivity index (χ2v) is 5.97. The van der Waals surface area contributed by atoms with E-state index in [0.29, 0.717) is 11.4 Å². The van der Waals surface area contributed by atoms with Crippen LogP contribution in [0.15, 0.2) is 36.4 Å². The molecule has 2 aromatic rings. The van der Waals surface area contributed by atoms with Gasteiger partial charge in [0.2, 0.25) is 5.75 Å². The lowest BCUT2D eigenvalue weighted by Crippen LogP contribution is -2.30. The van der Waals surface area contributed by atoms with E-state index >= 15 is 0 Å². The van der Waals surface area contributed by atoms with Crippen molar-refractivity contribution in [3.63, 3.8) is 0 Å². The van der Waals surface area contributed by atoms with Gasteiger partial charge >= 0.3 is 5.97 Å². The van der Waals surface area contributed by atoms with Crippen LogP contribution in [0.2, 0.25) is 0 Å². The van der Waals surface area contributed by atoms with Crippen molar-refractivity contribution in [1.82, 2.24) is 0 Å². The Morgan fingerprint density at radius 2 is 1.57 bits per heavy atom. The third kappa shape index (κ3) is 4.73. The first kappa shape index (κ1) is 21.1. The van der Waals surface area contributed by atoms with Gasteiger partial charge in [0.25, 0.3) is 5.91 Å². The van der Waals surface area contributed by atoms with Gasteiger partial charge in [-0.25, -0.2) is 4.79 Å². The van der Waals surface area contributed by atoms with Crippen molar-refractivity contribution in [2.45, 2.75) is 26.4 Å². The largest absolute Gasteiger partial charge is 0.493 e. The Labute approximate surface area is 164 Å². The molecule has 0 fully saturated rings. The summed E-state index contributed by atoms with van der Waals surface area (Å²) in [6.07, 6.45) is -0.0915. The average molecular weight is 387 g/mol. The Morgan fingerprint density at radius 1 is 0.929 bits per heavy atom. The summed E-state index contributed by atoms with van der Waals surface area (Å²) in [6.45, 7) is 3.55. The molecule has 0 unspecified atom stereocenters. The van der Waals surface area contributed by atoms with Crippen LogP contribution in [0.3, 0.4) is 0 Å². The topological polar surface area (TPSA) is 83.1 Å². The number of esters is 1. The van der Waals surface area contributed by atoms with E-state index in [4.69, 9.17) is 18.9 Å². The van der Waals surface area contributed by atoms with Crippen LogP contribution in [-0.4, -0.2) is 39.3 Å². The van der Waals surface area contributed by atoms with Crippen LogP contribution < -0.4 is 19.5 Å². The van der Waals surface area contributed by atoms with Crippen LogP contribution in [0.25, 0.3) is 0 Å². The number of hydrogen-bond acceptors (Lipinski definition) is 6. The van der Waals surface area contributed by atoms with Crippen molar-refractivity contribution in [3.05, 3.63) is 47.5 Å². The van der Waals surface area contributed by atoms with E-state index in [-0.39, 0.29) is 17.1 Å². The maximum atomic E-state index is 12.6. The van der Waals surface area contributed by atoms with Crippen molar-refractivity contribution in [1.29, 1.82) is 0 Å². The summed E-state index contributed by atoms with van der Waals surface area (Å²) in [5, 5.41) is 2.73. The number of benzene rings is 2. The third-order valence-corrected chi connectivity index (χ3v) is 4.21. The molecular formula is C21H25NO6. The van der Waals surface area contributed by atoms with Crippen LogP contribution in [0.5, 0.6) is 17.2 Å². The smallest absolute Gasteiger partial charge is 0.342 e. The van der Waals surface area contributed by atoms with E-state index in [1.54, 1.807) is 6.07 Å². The SMILES string of the molecule is CCc1ccc(NC(=O)[C@@H](C)OC(=O)c2ccc(OC)c(OC)c2OC)cc1. The number of ether oxygens (including phenoxy) is 4. The molecule has 7 nitrogen and oxygen atoms in total. The minimum atomic E-state index is -1.00.